The largest absolute Gasteiger partial charge is 0.349 e. The lowest BCUT2D eigenvalue weighted by Gasteiger charge is -2.20. The predicted molar refractivity (Wildman–Crippen MR) is 81.0 cm³/mol. The highest BCUT2D eigenvalue weighted by Crippen LogP contribution is 2.33. The summed E-state index contributed by atoms with van der Waals surface area (Å²) in [6.07, 6.45) is 0. The van der Waals surface area contributed by atoms with E-state index in [-0.39, 0.29) is 6.04 Å². The molecule has 1 aromatic heterocycles. The first-order chi connectivity index (χ1) is 9.56. The van der Waals surface area contributed by atoms with Crippen molar-refractivity contribution in [3.63, 3.8) is 0 Å². The SMILES string of the molecule is C[C@H]([NH3+])c1nnc2n1NC(c1ccc(Cl)cc1Cl)=CS2. The highest BCUT2D eigenvalue weighted by atomic mass is 35.5. The van der Waals surface area contributed by atoms with Gasteiger partial charge in [0.2, 0.25) is 11.0 Å². The van der Waals surface area contributed by atoms with E-state index >= 15 is 0 Å². The standard InChI is InChI=1S/C12H11Cl2N5S/c1-6(15)11-16-17-12-19(11)18-10(5-20-12)8-3-2-7(13)4-9(8)14/h2-6,18H,15H2,1H3/p+1/t6-/m0/s1. The van der Waals surface area contributed by atoms with E-state index in [1.54, 1.807) is 6.07 Å². The van der Waals surface area contributed by atoms with Crippen molar-refractivity contribution in [2.45, 2.75) is 18.1 Å². The number of nitrogens with one attached hydrogen (secondary N) is 1. The van der Waals surface area contributed by atoms with Gasteiger partial charge in [-0.3, -0.25) is 5.43 Å². The summed E-state index contributed by atoms with van der Waals surface area (Å²) in [5.41, 5.74) is 9.01. The van der Waals surface area contributed by atoms with Crippen molar-refractivity contribution < 1.29 is 5.73 Å². The first-order valence-electron chi connectivity index (χ1n) is 5.94. The number of thioether (sulfide) groups is 1. The molecule has 0 fully saturated rings. The molecule has 0 radical (unpaired) electrons. The van der Waals surface area contributed by atoms with E-state index in [1.165, 1.54) is 11.8 Å². The molecule has 0 bridgehead atoms. The number of quaternary nitrogens is 1. The Labute approximate surface area is 130 Å². The van der Waals surface area contributed by atoms with Gasteiger partial charge < -0.3 is 5.73 Å². The molecule has 2 aromatic rings. The Bertz CT molecular complexity index is 695. The zero-order valence-electron chi connectivity index (χ0n) is 10.6. The molecule has 1 aliphatic heterocycles. The van der Waals surface area contributed by atoms with Gasteiger partial charge in [-0.2, -0.15) is 0 Å². The summed E-state index contributed by atoms with van der Waals surface area (Å²) in [6, 6.07) is 5.44. The molecule has 4 N–H and O–H groups in total. The topological polar surface area (TPSA) is 70.4 Å². The fourth-order valence-electron chi connectivity index (χ4n) is 1.87. The van der Waals surface area contributed by atoms with Crippen molar-refractivity contribution in [3.05, 3.63) is 45.0 Å². The van der Waals surface area contributed by atoms with Crippen molar-refractivity contribution in [3.8, 4) is 0 Å². The Morgan fingerprint density at radius 1 is 1.35 bits per heavy atom. The zero-order valence-corrected chi connectivity index (χ0v) is 12.9. The molecule has 20 heavy (non-hydrogen) atoms. The van der Waals surface area contributed by atoms with Gasteiger partial charge in [-0.15, -0.1) is 10.2 Å². The summed E-state index contributed by atoms with van der Waals surface area (Å²) < 4.78 is 1.84. The van der Waals surface area contributed by atoms with E-state index in [0.717, 1.165) is 22.2 Å². The van der Waals surface area contributed by atoms with Gasteiger partial charge in [-0.25, -0.2) is 4.68 Å². The highest BCUT2D eigenvalue weighted by molar-refractivity contribution is 8.02. The lowest BCUT2D eigenvalue weighted by molar-refractivity contribution is -0.423. The second kappa shape index (κ2) is 5.29. The van der Waals surface area contributed by atoms with Crippen molar-refractivity contribution in [1.29, 1.82) is 0 Å². The van der Waals surface area contributed by atoms with E-state index in [9.17, 15) is 0 Å². The van der Waals surface area contributed by atoms with E-state index in [0.29, 0.717) is 10.0 Å². The molecule has 1 aliphatic rings. The molecule has 1 atom stereocenters. The third-order valence-corrected chi connectivity index (χ3v) is 4.21. The summed E-state index contributed by atoms with van der Waals surface area (Å²) in [5.74, 6) is 0.781. The summed E-state index contributed by atoms with van der Waals surface area (Å²) >= 11 is 13.7. The fraction of sp³-hybridized carbons (Fsp3) is 0.167. The Morgan fingerprint density at radius 3 is 2.85 bits per heavy atom. The number of halogens is 2. The van der Waals surface area contributed by atoms with Crippen LogP contribution in [0.15, 0.2) is 28.8 Å². The van der Waals surface area contributed by atoms with Gasteiger partial charge in [-0.05, 0) is 25.1 Å². The average molecular weight is 329 g/mol. The fourth-order valence-corrected chi connectivity index (χ4v) is 3.12. The molecule has 5 nitrogen and oxygen atoms in total. The number of aromatic nitrogens is 3. The van der Waals surface area contributed by atoms with Crippen LogP contribution in [-0.4, -0.2) is 14.9 Å². The van der Waals surface area contributed by atoms with Crippen molar-refractivity contribution in [1.82, 2.24) is 14.9 Å². The first-order valence-corrected chi connectivity index (χ1v) is 7.57. The maximum absolute atomic E-state index is 6.24. The number of rotatable bonds is 2. The molecule has 0 amide bonds. The van der Waals surface area contributed by atoms with Gasteiger partial charge >= 0.3 is 0 Å². The van der Waals surface area contributed by atoms with Gasteiger partial charge in [0.1, 0.15) is 6.04 Å². The van der Waals surface area contributed by atoms with Crippen LogP contribution in [0.5, 0.6) is 0 Å². The van der Waals surface area contributed by atoms with Crippen LogP contribution in [-0.2, 0) is 0 Å². The number of hydrogen-bond acceptors (Lipinski definition) is 4. The zero-order chi connectivity index (χ0) is 14.3. The van der Waals surface area contributed by atoms with Crippen LogP contribution < -0.4 is 11.2 Å². The lowest BCUT2D eigenvalue weighted by atomic mass is 10.2. The van der Waals surface area contributed by atoms with E-state index in [4.69, 9.17) is 23.2 Å². The van der Waals surface area contributed by atoms with Crippen molar-refractivity contribution in [2.75, 3.05) is 5.43 Å². The number of fused-ring (bicyclic) bond motifs is 1. The van der Waals surface area contributed by atoms with Crippen LogP contribution in [0, 0.1) is 0 Å². The van der Waals surface area contributed by atoms with Crippen LogP contribution in [0.2, 0.25) is 10.0 Å². The molecule has 0 aliphatic carbocycles. The van der Waals surface area contributed by atoms with Gasteiger partial charge in [-0.1, -0.05) is 35.0 Å². The summed E-state index contributed by atoms with van der Waals surface area (Å²) in [4.78, 5) is 0. The van der Waals surface area contributed by atoms with Gasteiger partial charge in [0.15, 0.2) is 0 Å². The molecule has 1 aromatic carbocycles. The van der Waals surface area contributed by atoms with Crippen LogP contribution in [0.3, 0.4) is 0 Å². The molecule has 8 heteroatoms. The van der Waals surface area contributed by atoms with Crippen LogP contribution >= 0.6 is 35.0 Å². The normalized spacial score (nSPS) is 15.3. The molecule has 0 spiro atoms. The van der Waals surface area contributed by atoms with Crippen LogP contribution in [0.4, 0.5) is 0 Å². The molecule has 2 heterocycles. The molecule has 0 unspecified atom stereocenters. The molecule has 3 rings (SSSR count). The van der Waals surface area contributed by atoms with Crippen molar-refractivity contribution in [2.24, 2.45) is 0 Å². The predicted octanol–water partition coefficient (Wildman–Crippen LogP) is 2.54. The quantitative estimate of drug-likeness (QED) is 0.888. The number of benzene rings is 1. The van der Waals surface area contributed by atoms with Gasteiger partial charge in [0.05, 0.1) is 10.7 Å². The van der Waals surface area contributed by atoms with E-state index in [1.807, 2.05) is 29.1 Å². The Morgan fingerprint density at radius 2 is 2.15 bits per heavy atom. The summed E-state index contributed by atoms with van der Waals surface area (Å²) in [6.45, 7) is 1.97. The molecular weight excluding hydrogens is 317 g/mol. The van der Waals surface area contributed by atoms with E-state index < -0.39 is 0 Å². The maximum atomic E-state index is 6.24. The molecule has 0 saturated heterocycles. The monoisotopic (exact) mass is 328 g/mol. The highest BCUT2D eigenvalue weighted by Gasteiger charge is 2.22. The summed E-state index contributed by atoms with van der Waals surface area (Å²) in [7, 11) is 0. The smallest absolute Gasteiger partial charge is 0.214 e. The van der Waals surface area contributed by atoms with Crippen LogP contribution in [0.25, 0.3) is 5.70 Å². The second-order valence-electron chi connectivity index (χ2n) is 4.46. The minimum Gasteiger partial charge on any atom is -0.349 e. The van der Waals surface area contributed by atoms with Crippen LogP contribution in [0.1, 0.15) is 24.4 Å². The first kappa shape index (κ1) is 13.8. The minimum absolute atomic E-state index is 0.0318. The average Bonchev–Trinajstić information content (AvgIpc) is 2.81. The lowest BCUT2D eigenvalue weighted by Crippen LogP contribution is -2.53. The molecular formula is C12H12Cl2N5S+. The van der Waals surface area contributed by atoms with Gasteiger partial charge in [0, 0.05) is 16.0 Å². The van der Waals surface area contributed by atoms with Gasteiger partial charge in [0.25, 0.3) is 0 Å². The van der Waals surface area contributed by atoms with Crippen molar-refractivity contribution >= 4 is 40.7 Å². The van der Waals surface area contributed by atoms with E-state index in [2.05, 4.69) is 21.4 Å². The third-order valence-electron chi connectivity index (χ3n) is 2.83. The number of hydrogen-bond donors (Lipinski definition) is 2. The number of nitrogens with zero attached hydrogens (tertiary/aromatic N) is 3. The Balaban J connectivity index is 1.97. The third kappa shape index (κ3) is 2.40. The Hall–Kier alpha value is -1.21. The second-order valence-corrected chi connectivity index (χ2v) is 6.14. The Kier molecular flexibility index (Phi) is 3.64. The summed E-state index contributed by atoms with van der Waals surface area (Å²) in [5, 5.41) is 12.2. The maximum Gasteiger partial charge on any atom is 0.214 e. The molecule has 104 valence electrons. The minimum atomic E-state index is 0.0318. The molecule has 0 saturated carbocycles.